The monoisotopic (exact) mass is 273 g/mol. The van der Waals surface area contributed by atoms with Crippen LogP contribution in [0.4, 0.5) is 0 Å². The highest BCUT2D eigenvalue weighted by atomic mass is 16.5. The number of hydrogen-bond donors (Lipinski definition) is 1. The van der Waals surface area contributed by atoms with Crippen molar-refractivity contribution in [2.75, 3.05) is 27.2 Å². The summed E-state index contributed by atoms with van der Waals surface area (Å²) in [5.41, 5.74) is 1.30. The number of carboxylic acids is 1. The summed E-state index contributed by atoms with van der Waals surface area (Å²) in [6.45, 7) is 3.28. The molecule has 0 spiro atoms. The highest BCUT2D eigenvalue weighted by Crippen LogP contribution is 2.29. The van der Waals surface area contributed by atoms with Gasteiger partial charge >= 0.3 is 5.97 Å². The largest absolute Gasteiger partial charge is 0.492 e. The van der Waals surface area contributed by atoms with Gasteiger partial charge in [0.15, 0.2) is 0 Å². The smallest absolute Gasteiger partial charge is 0.335 e. The number of nitrogens with zero attached hydrogens (tertiary/aromatic N) is 1. The van der Waals surface area contributed by atoms with Gasteiger partial charge in [0.2, 0.25) is 0 Å². The van der Waals surface area contributed by atoms with Gasteiger partial charge in [-0.2, -0.15) is 0 Å². The standard InChI is InChI=1S/C16H19NO3/c1-11-5-4-6-13-14(11)9-12(16(18)19)10-15(13)20-8-7-17(2)3/h4-6,9-10H,7-8H2,1-3H3,(H,18,19). The van der Waals surface area contributed by atoms with Crippen LogP contribution in [-0.4, -0.2) is 43.2 Å². The zero-order valence-electron chi connectivity index (χ0n) is 12.0. The second-order valence-electron chi connectivity index (χ2n) is 5.10. The Balaban J connectivity index is 2.45. The number of fused-ring (bicyclic) bond motifs is 1. The minimum Gasteiger partial charge on any atom is -0.492 e. The number of hydrogen-bond acceptors (Lipinski definition) is 3. The van der Waals surface area contributed by atoms with Gasteiger partial charge in [-0.25, -0.2) is 4.79 Å². The third-order valence-corrected chi connectivity index (χ3v) is 3.22. The number of ether oxygens (including phenoxy) is 1. The predicted molar refractivity (Wildman–Crippen MR) is 79.7 cm³/mol. The van der Waals surface area contributed by atoms with Crippen LogP contribution in [0.3, 0.4) is 0 Å². The van der Waals surface area contributed by atoms with E-state index in [-0.39, 0.29) is 5.56 Å². The van der Waals surface area contributed by atoms with Crippen LogP contribution < -0.4 is 4.74 Å². The third-order valence-electron chi connectivity index (χ3n) is 3.22. The van der Waals surface area contributed by atoms with Crippen molar-refractivity contribution in [2.45, 2.75) is 6.92 Å². The Kier molecular flexibility index (Phi) is 4.25. The second-order valence-corrected chi connectivity index (χ2v) is 5.10. The fourth-order valence-electron chi connectivity index (χ4n) is 2.08. The van der Waals surface area contributed by atoms with E-state index in [9.17, 15) is 9.90 Å². The highest BCUT2D eigenvalue weighted by Gasteiger charge is 2.11. The summed E-state index contributed by atoms with van der Waals surface area (Å²) < 4.78 is 5.77. The topological polar surface area (TPSA) is 49.8 Å². The lowest BCUT2D eigenvalue weighted by molar-refractivity contribution is 0.0696. The lowest BCUT2D eigenvalue weighted by Gasteiger charge is -2.14. The summed E-state index contributed by atoms with van der Waals surface area (Å²) in [6.07, 6.45) is 0. The summed E-state index contributed by atoms with van der Waals surface area (Å²) in [5.74, 6) is -0.307. The normalized spacial score (nSPS) is 11.0. The van der Waals surface area contributed by atoms with E-state index in [0.717, 1.165) is 22.9 Å². The Hall–Kier alpha value is -2.07. The molecule has 0 aliphatic carbocycles. The van der Waals surface area contributed by atoms with Gasteiger partial charge in [0, 0.05) is 11.9 Å². The molecule has 4 heteroatoms. The van der Waals surface area contributed by atoms with Crippen molar-refractivity contribution in [3.8, 4) is 5.75 Å². The molecule has 0 unspecified atom stereocenters. The van der Waals surface area contributed by atoms with E-state index in [2.05, 4.69) is 0 Å². The van der Waals surface area contributed by atoms with E-state index in [1.54, 1.807) is 12.1 Å². The van der Waals surface area contributed by atoms with E-state index in [1.807, 2.05) is 44.1 Å². The minimum atomic E-state index is -0.937. The van der Waals surface area contributed by atoms with Crippen molar-refractivity contribution in [2.24, 2.45) is 0 Å². The number of benzene rings is 2. The highest BCUT2D eigenvalue weighted by molar-refractivity contribution is 5.98. The summed E-state index contributed by atoms with van der Waals surface area (Å²) in [7, 11) is 3.94. The molecule has 0 atom stereocenters. The van der Waals surface area contributed by atoms with Crippen LogP contribution in [0, 0.1) is 6.92 Å². The van der Waals surface area contributed by atoms with Gasteiger partial charge in [-0.15, -0.1) is 0 Å². The Labute approximate surface area is 118 Å². The van der Waals surface area contributed by atoms with Crippen molar-refractivity contribution in [3.05, 3.63) is 41.5 Å². The predicted octanol–water partition coefficient (Wildman–Crippen LogP) is 2.79. The maximum Gasteiger partial charge on any atom is 0.335 e. The van der Waals surface area contributed by atoms with Crippen molar-refractivity contribution in [3.63, 3.8) is 0 Å². The Morgan fingerprint density at radius 1 is 1.25 bits per heavy atom. The zero-order valence-corrected chi connectivity index (χ0v) is 12.0. The summed E-state index contributed by atoms with van der Waals surface area (Å²) in [4.78, 5) is 13.2. The molecule has 2 rings (SSSR count). The third kappa shape index (κ3) is 3.08. The van der Waals surface area contributed by atoms with Crippen molar-refractivity contribution in [1.82, 2.24) is 4.90 Å². The molecule has 0 heterocycles. The molecule has 0 aromatic heterocycles. The van der Waals surface area contributed by atoms with E-state index in [4.69, 9.17) is 4.74 Å². The van der Waals surface area contributed by atoms with E-state index >= 15 is 0 Å². The quantitative estimate of drug-likeness (QED) is 0.910. The van der Waals surface area contributed by atoms with Gasteiger partial charge < -0.3 is 14.7 Å². The van der Waals surface area contributed by atoms with Crippen LogP contribution in [0.5, 0.6) is 5.75 Å². The summed E-state index contributed by atoms with van der Waals surface area (Å²) in [6, 6.07) is 9.18. The van der Waals surface area contributed by atoms with Crippen molar-refractivity contribution in [1.29, 1.82) is 0 Å². The van der Waals surface area contributed by atoms with Crippen LogP contribution in [-0.2, 0) is 0 Å². The molecule has 0 aliphatic heterocycles. The molecule has 2 aromatic carbocycles. The van der Waals surface area contributed by atoms with Gasteiger partial charge in [0.1, 0.15) is 12.4 Å². The van der Waals surface area contributed by atoms with Crippen LogP contribution >= 0.6 is 0 Å². The number of aryl methyl sites for hydroxylation is 1. The molecule has 2 aromatic rings. The number of carboxylic acid groups (broad SMARTS) is 1. The van der Waals surface area contributed by atoms with Crippen molar-refractivity contribution < 1.29 is 14.6 Å². The maximum atomic E-state index is 11.2. The molecule has 0 radical (unpaired) electrons. The molecule has 0 saturated heterocycles. The van der Waals surface area contributed by atoms with Gasteiger partial charge in [-0.1, -0.05) is 18.2 Å². The molecule has 4 nitrogen and oxygen atoms in total. The van der Waals surface area contributed by atoms with E-state index < -0.39 is 5.97 Å². The summed E-state index contributed by atoms with van der Waals surface area (Å²) in [5, 5.41) is 11.1. The average Bonchev–Trinajstić information content (AvgIpc) is 2.38. The lowest BCUT2D eigenvalue weighted by Crippen LogP contribution is -2.19. The first-order chi connectivity index (χ1) is 9.49. The molecule has 0 aliphatic rings. The second kappa shape index (κ2) is 5.92. The molecule has 106 valence electrons. The number of carbonyl (C=O) groups is 1. The minimum absolute atomic E-state index is 0.256. The maximum absolute atomic E-state index is 11.2. The van der Waals surface area contributed by atoms with E-state index in [0.29, 0.717) is 12.4 Å². The number of likely N-dealkylation sites (N-methyl/N-ethyl adjacent to an activating group) is 1. The molecule has 0 amide bonds. The Morgan fingerprint density at radius 2 is 2.00 bits per heavy atom. The molecule has 1 N–H and O–H groups in total. The number of aromatic carboxylic acids is 1. The lowest BCUT2D eigenvalue weighted by atomic mass is 10.0. The van der Waals surface area contributed by atoms with Crippen LogP contribution in [0.1, 0.15) is 15.9 Å². The first-order valence-electron chi connectivity index (χ1n) is 6.53. The van der Waals surface area contributed by atoms with Crippen LogP contribution in [0.15, 0.2) is 30.3 Å². The SMILES string of the molecule is Cc1cccc2c(OCCN(C)C)cc(C(=O)O)cc12. The van der Waals surface area contributed by atoms with Crippen LogP contribution in [0.25, 0.3) is 10.8 Å². The molecule has 0 bridgehead atoms. The fourth-order valence-corrected chi connectivity index (χ4v) is 2.08. The number of rotatable bonds is 5. The molecule has 0 fully saturated rings. The molecule has 20 heavy (non-hydrogen) atoms. The Bertz CT molecular complexity index is 635. The summed E-state index contributed by atoms with van der Waals surface area (Å²) >= 11 is 0. The van der Waals surface area contributed by atoms with Gasteiger partial charge in [0.05, 0.1) is 5.56 Å². The van der Waals surface area contributed by atoms with Crippen LogP contribution in [0.2, 0.25) is 0 Å². The molecular weight excluding hydrogens is 254 g/mol. The first-order valence-corrected chi connectivity index (χ1v) is 6.53. The van der Waals surface area contributed by atoms with Gasteiger partial charge in [-0.3, -0.25) is 0 Å². The van der Waals surface area contributed by atoms with Gasteiger partial charge in [0.25, 0.3) is 0 Å². The van der Waals surface area contributed by atoms with Crippen molar-refractivity contribution >= 4 is 16.7 Å². The molecular formula is C16H19NO3. The Morgan fingerprint density at radius 3 is 2.65 bits per heavy atom. The van der Waals surface area contributed by atoms with Gasteiger partial charge in [-0.05, 0) is 44.1 Å². The molecule has 0 saturated carbocycles. The fraction of sp³-hybridized carbons (Fsp3) is 0.312. The first kappa shape index (κ1) is 14.3. The zero-order chi connectivity index (χ0) is 14.7. The average molecular weight is 273 g/mol. The van der Waals surface area contributed by atoms with E-state index in [1.165, 1.54) is 0 Å².